The van der Waals surface area contributed by atoms with Crippen LogP contribution in [-0.2, 0) is 9.84 Å². The molecule has 7 nitrogen and oxygen atoms in total. The molecule has 0 saturated carbocycles. The van der Waals surface area contributed by atoms with Crippen molar-refractivity contribution in [3.8, 4) is 0 Å². The van der Waals surface area contributed by atoms with E-state index in [1.54, 1.807) is 6.07 Å². The van der Waals surface area contributed by atoms with Crippen LogP contribution in [0.5, 0.6) is 0 Å². The van der Waals surface area contributed by atoms with Gasteiger partial charge < -0.3 is 9.80 Å². The molecule has 0 bridgehead atoms. The molecule has 1 saturated heterocycles. The smallest absolute Gasteiger partial charge is 0.293 e. The van der Waals surface area contributed by atoms with Gasteiger partial charge in [-0.1, -0.05) is 0 Å². The maximum Gasteiger partial charge on any atom is 0.293 e. The highest BCUT2D eigenvalue weighted by Crippen LogP contribution is 2.33. The van der Waals surface area contributed by atoms with Crippen LogP contribution in [0.1, 0.15) is 26.7 Å². The fraction of sp³-hybridized carbons (Fsp3) is 0.625. The molecule has 0 aliphatic carbocycles. The number of hydrogen-bond donors (Lipinski definition) is 0. The van der Waals surface area contributed by atoms with Gasteiger partial charge in [0.2, 0.25) is 0 Å². The first-order valence-corrected chi connectivity index (χ1v) is 9.95. The standard InChI is InChI=1S/C16H25N3O4S/c1-12(2)18-9-7-13(8-10-18)17(3)15-6-5-14(24(4,22)23)11-16(15)19(20)21/h5-6,11-13H,7-10H2,1-4H3. The van der Waals surface area contributed by atoms with Gasteiger partial charge >= 0.3 is 0 Å². The number of nitro groups is 1. The largest absolute Gasteiger partial charge is 0.366 e. The van der Waals surface area contributed by atoms with Crippen LogP contribution in [-0.4, -0.2) is 56.7 Å². The van der Waals surface area contributed by atoms with Crippen LogP contribution < -0.4 is 4.90 Å². The Hall–Kier alpha value is -1.67. The Morgan fingerprint density at radius 1 is 1.29 bits per heavy atom. The lowest BCUT2D eigenvalue weighted by Crippen LogP contribution is -2.45. The number of likely N-dealkylation sites (tertiary alicyclic amines) is 1. The van der Waals surface area contributed by atoms with Gasteiger partial charge in [0.1, 0.15) is 5.69 Å². The Kier molecular flexibility index (Phi) is 5.49. The fourth-order valence-electron chi connectivity index (χ4n) is 3.16. The summed E-state index contributed by atoms with van der Waals surface area (Å²) in [6.45, 7) is 6.25. The van der Waals surface area contributed by atoms with Gasteiger partial charge in [0.25, 0.3) is 5.69 Å². The molecule has 0 atom stereocenters. The van der Waals surface area contributed by atoms with Crippen LogP contribution in [0.25, 0.3) is 0 Å². The summed E-state index contributed by atoms with van der Waals surface area (Å²) < 4.78 is 23.3. The minimum Gasteiger partial charge on any atom is -0.366 e. The van der Waals surface area contributed by atoms with Crippen molar-refractivity contribution in [2.45, 2.75) is 43.7 Å². The monoisotopic (exact) mass is 355 g/mol. The average Bonchev–Trinajstić information content (AvgIpc) is 2.52. The van der Waals surface area contributed by atoms with Gasteiger partial charge in [-0.25, -0.2) is 8.42 Å². The molecule has 0 amide bonds. The van der Waals surface area contributed by atoms with Gasteiger partial charge in [-0.15, -0.1) is 0 Å². The molecule has 0 spiro atoms. The van der Waals surface area contributed by atoms with Crippen molar-refractivity contribution in [2.75, 3.05) is 31.3 Å². The van der Waals surface area contributed by atoms with Crippen molar-refractivity contribution >= 4 is 21.2 Å². The number of sulfone groups is 1. The van der Waals surface area contributed by atoms with E-state index in [2.05, 4.69) is 18.7 Å². The zero-order valence-electron chi connectivity index (χ0n) is 14.6. The molecule has 1 aromatic rings. The molecule has 1 aromatic carbocycles. The molecular formula is C16H25N3O4S. The molecule has 1 fully saturated rings. The maximum atomic E-state index is 11.6. The first-order chi connectivity index (χ1) is 11.1. The summed E-state index contributed by atoms with van der Waals surface area (Å²) in [6, 6.07) is 4.85. The van der Waals surface area contributed by atoms with Gasteiger partial charge in [-0.05, 0) is 38.8 Å². The van der Waals surface area contributed by atoms with E-state index < -0.39 is 14.8 Å². The highest BCUT2D eigenvalue weighted by molar-refractivity contribution is 7.90. The van der Waals surface area contributed by atoms with E-state index in [0.717, 1.165) is 38.3 Å². The van der Waals surface area contributed by atoms with Crippen molar-refractivity contribution in [3.63, 3.8) is 0 Å². The average molecular weight is 355 g/mol. The van der Waals surface area contributed by atoms with Crippen LogP contribution in [0.15, 0.2) is 23.1 Å². The molecule has 134 valence electrons. The third-order valence-electron chi connectivity index (χ3n) is 4.73. The number of benzene rings is 1. The summed E-state index contributed by atoms with van der Waals surface area (Å²) >= 11 is 0. The second-order valence-electron chi connectivity index (χ2n) is 6.65. The van der Waals surface area contributed by atoms with Crippen LogP contribution >= 0.6 is 0 Å². The molecule has 0 aromatic heterocycles. The van der Waals surface area contributed by atoms with E-state index in [4.69, 9.17) is 0 Å². The zero-order chi connectivity index (χ0) is 18.1. The SMILES string of the molecule is CC(C)N1CCC(N(C)c2ccc(S(C)(=O)=O)cc2[N+](=O)[O-])CC1. The first kappa shape index (κ1) is 18.7. The molecule has 0 unspecified atom stereocenters. The molecule has 2 rings (SSSR count). The van der Waals surface area contributed by atoms with Gasteiger partial charge in [-0.2, -0.15) is 0 Å². The van der Waals surface area contributed by atoms with E-state index in [9.17, 15) is 18.5 Å². The van der Waals surface area contributed by atoms with Crippen LogP contribution in [0.3, 0.4) is 0 Å². The number of nitro benzene ring substituents is 1. The number of rotatable bonds is 5. The molecular weight excluding hydrogens is 330 g/mol. The van der Waals surface area contributed by atoms with E-state index in [1.807, 2.05) is 11.9 Å². The van der Waals surface area contributed by atoms with E-state index in [0.29, 0.717) is 11.7 Å². The second-order valence-corrected chi connectivity index (χ2v) is 8.67. The summed E-state index contributed by atoms with van der Waals surface area (Å²) in [4.78, 5) is 15.2. The van der Waals surface area contributed by atoms with Crippen LogP contribution in [0.2, 0.25) is 0 Å². The number of anilines is 1. The summed E-state index contributed by atoms with van der Waals surface area (Å²) in [6.07, 6.45) is 2.91. The number of hydrogen-bond acceptors (Lipinski definition) is 6. The van der Waals surface area contributed by atoms with Crippen molar-refractivity contribution in [2.24, 2.45) is 0 Å². The molecule has 1 heterocycles. The lowest BCUT2D eigenvalue weighted by Gasteiger charge is -2.39. The summed E-state index contributed by atoms with van der Waals surface area (Å²) in [5, 5.41) is 11.4. The molecule has 1 aliphatic rings. The fourth-order valence-corrected chi connectivity index (χ4v) is 3.81. The topological polar surface area (TPSA) is 83.8 Å². The predicted octanol–water partition coefficient (Wildman–Crippen LogP) is 2.31. The van der Waals surface area contributed by atoms with Gasteiger partial charge in [-0.3, -0.25) is 10.1 Å². The number of piperidine rings is 1. The summed E-state index contributed by atoms with van der Waals surface area (Å²) in [7, 11) is -1.63. The second kappa shape index (κ2) is 7.06. The van der Waals surface area contributed by atoms with E-state index in [1.165, 1.54) is 6.07 Å². The van der Waals surface area contributed by atoms with Crippen LogP contribution in [0.4, 0.5) is 11.4 Å². The quantitative estimate of drug-likeness (QED) is 0.595. The Labute approximate surface area is 143 Å². The lowest BCUT2D eigenvalue weighted by molar-refractivity contribution is -0.384. The first-order valence-electron chi connectivity index (χ1n) is 8.06. The Morgan fingerprint density at radius 2 is 1.88 bits per heavy atom. The predicted molar refractivity (Wildman–Crippen MR) is 94.3 cm³/mol. The highest BCUT2D eigenvalue weighted by Gasteiger charge is 2.28. The van der Waals surface area contributed by atoms with E-state index in [-0.39, 0.29) is 16.6 Å². The summed E-state index contributed by atoms with van der Waals surface area (Å²) in [5.74, 6) is 0. The molecule has 8 heteroatoms. The molecule has 1 aliphatic heterocycles. The number of nitrogens with zero attached hydrogens (tertiary/aromatic N) is 3. The van der Waals surface area contributed by atoms with Crippen LogP contribution in [0, 0.1) is 10.1 Å². The van der Waals surface area contributed by atoms with E-state index >= 15 is 0 Å². The minimum absolute atomic E-state index is 0.0269. The maximum absolute atomic E-state index is 11.6. The molecule has 24 heavy (non-hydrogen) atoms. The molecule has 0 N–H and O–H groups in total. The third-order valence-corrected chi connectivity index (χ3v) is 5.84. The third kappa shape index (κ3) is 4.05. The Balaban J connectivity index is 2.26. The van der Waals surface area contributed by atoms with Crippen molar-refractivity contribution in [3.05, 3.63) is 28.3 Å². The van der Waals surface area contributed by atoms with Crippen molar-refractivity contribution in [1.82, 2.24) is 4.90 Å². The molecule has 0 radical (unpaired) electrons. The Bertz CT molecular complexity index is 710. The lowest BCUT2D eigenvalue weighted by atomic mass is 10.0. The van der Waals surface area contributed by atoms with Gasteiger partial charge in [0.15, 0.2) is 9.84 Å². The van der Waals surface area contributed by atoms with Crippen molar-refractivity contribution < 1.29 is 13.3 Å². The Morgan fingerprint density at radius 3 is 2.33 bits per heavy atom. The van der Waals surface area contributed by atoms with Crippen molar-refractivity contribution in [1.29, 1.82) is 0 Å². The zero-order valence-corrected chi connectivity index (χ0v) is 15.4. The highest BCUT2D eigenvalue weighted by atomic mass is 32.2. The summed E-state index contributed by atoms with van der Waals surface area (Å²) in [5.41, 5.74) is 0.308. The van der Waals surface area contributed by atoms with Gasteiger partial charge in [0, 0.05) is 44.5 Å². The normalized spacial score (nSPS) is 17.2. The minimum atomic E-state index is -3.47. The van der Waals surface area contributed by atoms with Gasteiger partial charge in [0.05, 0.1) is 9.82 Å².